The van der Waals surface area contributed by atoms with Crippen molar-refractivity contribution in [3.8, 4) is 23.0 Å². The molecule has 0 amide bonds. The third kappa shape index (κ3) is 4.11. The summed E-state index contributed by atoms with van der Waals surface area (Å²) in [6, 6.07) is 20.6. The van der Waals surface area contributed by atoms with Crippen molar-refractivity contribution in [3.05, 3.63) is 83.0 Å². The lowest BCUT2D eigenvalue weighted by molar-refractivity contribution is -0.0119. The maximum atomic E-state index is 10.7. The molecule has 3 aliphatic heterocycles. The first-order chi connectivity index (χ1) is 19.1. The smallest absolute Gasteiger partial charge is 0.231 e. The minimum atomic E-state index is -0.134. The molecule has 8 heteroatoms. The van der Waals surface area contributed by atoms with E-state index in [9.17, 15) is 5.11 Å². The van der Waals surface area contributed by atoms with Crippen LogP contribution in [-0.2, 0) is 18.5 Å². The largest absolute Gasteiger partial charge is 0.497 e. The van der Waals surface area contributed by atoms with E-state index in [1.54, 1.807) is 14.2 Å². The molecule has 1 saturated heterocycles. The number of nitrogens with zero attached hydrogens (tertiary/aromatic N) is 2. The van der Waals surface area contributed by atoms with E-state index in [2.05, 4.69) is 51.2 Å². The average molecular weight is 528 g/mol. The van der Waals surface area contributed by atoms with Gasteiger partial charge in [0.05, 0.1) is 26.9 Å². The van der Waals surface area contributed by atoms with Crippen molar-refractivity contribution in [2.24, 2.45) is 0 Å². The molecule has 0 radical (unpaired) electrons. The molecule has 0 bridgehead atoms. The number of ether oxygens (including phenoxy) is 4. The van der Waals surface area contributed by atoms with Gasteiger partial charge in [-0.15, -0.1) is 0 Å². The fourth-order valence-electron chi connectivity index (χ4n) is 6.72. The van der Waals surface area contributed by atoms with Crippen LogP contribution in [0.2, 0.25) is 0 Å². The zero-order valence-electron chi connectivity index (χ0n) is 22.3. The van der Waals surface area contributed by atoms with E-state index in [0.29, 0.717) is 6.54 Å². The quantitative estimate of drug-likeness (QED) is 0.373. The van der Waals surface area contributed by atoms with Crippen molar-refractivity contribution in [1.29, 1.82) is 0 Å². The van der Waals surface area contributed by atoms with Crippen LogP contribution in [0.25, 0.3) is 10.9 Å². The van der Waals surface area contributed by atoms with Crippen LogP contribution in [0, 0.1) is 0 Å². The lowest BCUT2D eigenvalue weighted by Gasteiger charge is -2.56. The van der Waals surface area contributed by atoms with Crippen LogP contribution in [0.1, 0.15) is 28.4 Å². The molecule has 202 valence electrons. The summed E-state index contributed by atoms with van der Waals surface area (Å²) in [7, 11) is 3.39. The first kappa shape index (κ1) is 24.3. The first-order valence-electron chi connectivity index (χ1n) is 13.4. The van der Waals surface area contributed by atoms with Gasteiger partial charge in [0.25, 0.3) is 0 Å². The Kier molecular flexibility index (Phi) is 5.91. The number of rotatable bonds is 7. The highest BCUT2D eigenvalue weighted by Crippen LogP contribution is 2.49. The molecule has 1 atom stereocenters. The minimum Gasteiger partial charge on any atom is -0.497 e. The van der Waals surface area contributed by atoms with Gasteiger partial charge in [-0.1, -0.05) is 18.2 Å². The number of aromatic nitrogens is 1. The highest BCUT2D eigenvalue weighted by Gasteiger charge is 2.52. The van der Waals surface area contributed by atoms with Crippen molar-refractivity contribution in [3.63, 3.8) is 0 Å². The second kappa shape index (κ2) is 9.48. The summed E-state index contributed by atoms with van der Waals surface area (Å²) in [4.78, 5) is 8.61. The van der Waals surface area contributed by atoms with E-state index in [4.69, 9.17) is 18.9 Å². The Balaban J connectivity index is 1.23. The Bertz CT molecular complexity index is 1510. The van der Waals surface area contributed by atoms with E-state index in [1.807, 2.05) is 24.3 Å². The van der Waals surface area contributed by atoms with E-state index in [-0.39, 0.29) is 24.9 Å². The fourth-order valence-corrected chi connectivity index (χ4v) is 6.72. The number of hydrogen-bond donors (Lipinski definition) is 2. The van der Waals surface area contributed by atoms with Crippen molar-refractivity contribution < 1.29 is 24.1 Å². The maximum Gasteiger partial charge on any atom is 0.231 e. The molecule has 39 heavy (non-hydrogen) atoms. The molecule has 1 aromatic heterocycles. The third-order valence-corrected chi connectivity index (χ3v) is 8.46. The molecule has 1 spiro atoms. The molecule has 4 heterocycles. The Hall–Kier alpha value is -3.72. The van der Waals surface area contributed by atoms with Crippen molar-refractivity contribution >= 4 is 10.9 Å². The van der Waals surface area contributed by atoms with Crippen LogP contribution in [-0.4, -0.2) is 67.1 Å². The number of aliphatic hydroxyl groups excluding tert-OH is 1. The highest BCUT2D eigenvalue weighted by molar-refractivity contribution is 5.88. The molecule has 0 saturated carbocycles. The summed E-state index contributed by atoms with van der Waals surface area (Å²) >= 11 is 0. The van der Waals surface area contributed by atoms with Crippen molar-refractivity contribution in [2.45, 2.75) is 24.5 Å². The summed E-state index contributed by atoms with van der Waals surface area (Å²) in [6.07, 6.45) is 0. The normalized spacial score (nSPS) is 19.7. The second-order valence-corrected chi connectivity index (χ2v) is 10.9. The van der Waals surface area contributed by atoms with Crippen molar-refractivity contribution in [2.75, 3.05) is 47.3 Å². The Morgan fingerprint density at radius 2 is 1.62 bits per heavy atom. The van der Waals surface area contributed by atoms with Crippen LogP contribution < -0.4 is 18.9 Å². The monoisotopic (exact) mass is 527 g/mol. The van der Waals surface area contributed by atoms with E-state index in [0.717, 1.165) is 66.0 Å². The van der Waals surface area contributed by atoms with Crippen LogP contribution in [0.5, 0.6) is 23.0 Å². The van der Waals surface area contributed by atoms with E-state index >= 15 is 0 Å². The van der Waals surface area contributed by atoms with Crippen LogP contribution in [0.15, 0.2) is 60.7 Å². The minimum absolute atomic E-state index is 0.0349. The predicted molar refractivity (Wildman–Crippen MR) is 148 cm³/mol. The number of hydrogen-bond acceptors (Lipinski definition) is 7. The number of nitrogens with one attached hydrogen (secondary N) is 1. The third-order valence-electron chi connectivity index (χ3n) is 8.46. The standard InChI is InChI=1S/C31H33N3O5/c1-36-22-6-3-20(4-7-22)13-33-16-31(17-33)18-34(14-21-5-10-27-28(11-21)39-19-38-27)26(15-35)30-29(31)24-9-8-23(37-2)12-25(24)32-30/h3-12,26,32,35H,13-19H2,1-2H3/t26-/m0/s1. The van der Waals surface area contributed by atoms with Crippen LogP contribution >= 0.6 is 0 Å². The zero-order valence-corrected chi connectivity index (χ0v) is 22.3. The molecule has 8 nitrogen and oxygen atoms in total. The molecule has 7 rings (SSSR count). The molecule has 0 unspecified atom stereocenters. The number of aromatic amines is 1. The van der Waals surface area contributed by atoms with Gasteiger partial charge in [0, 0.05) is 60.8 Å². The van der Waals surface area contributed by atoms with Gasteiger partial charge in [0.15, 0.2) is 11.5 Å². The lowest BCUT2D eigenvalue weighted by Crippen LogP contribution is -2.65. The molecule has 2 N–H and O–H groups in total. The average Bonchev–Trinajstić information content (AvgIpc) is 3.56. The number of benzene rings is 3. The van der Waals surface area contributed by atoms with Gasteiger partial charge in [-0.2, -0.15) is 0 Å². The predicted octanol–water partition coefficient (Wildman–Crippen LogP) is 4.22. The lowest BCUT2D eigenvalue weighted by atomic mass is 9.68. The SMILES string of the molecule is COc1ccc(CN2CC3(C2)CN(Cc2ccc4c(c2)OCO4)[C@@H](CO)c2[nH]c4cc(OC)ccc4c23)cc1. The molecule has 0 aliphatic carbocycles. The number of H-pyrrole nitrogens is 1. The molecule has 3 aliphatic rings. The molecule has 1 fully saturated rings. The van der Waals surface area contributed by atoms with Gasteiger partial charge >= 0.3 is 0 Å². The Morgan fingerprint density at radius 1 is 0.872 bits per heavy atom. The van der Waals surface area contributed by atoms with Gasteiger partial charge in [-0.25, -0.2) is 0 Å². The molecular weight excluding hydrogens is 494 g/mol. The van der Waals surface area contributed by atoms with Gasteiger partial charge in [-0.3, -0.25) is 9.80 Å². The number of aliphatic hydroxyl groups is 1. The maximum absolute atomic E-state index is 10.7. The summed E-state index contributed by atoms with van der Waals surface area (Å²) < 4.78 is 22.0. The molecular formula is C31H33N3O5. The highest BCUT2D eigenvalue weighted by atomic mass is 16.7. The van der Waals surface area contributed by atoms with Crippen molar-refractivity contribution in [1.82, 2.24) is 14.8 Å². The summed E-state index contributed by atoms with van der Waals surface area (Å²) in [6.45, 7) is 4.65. The Labute approximate surface area is 227 Å². The summed E-state index contributed by atoms with van der Waals surface area (Å²) in [5.74, 6) is 3.27. The van der Waals surface area contributed by atoms with Crippen LogP contribution in [0.4, 0.5) is 0 Å². The van der Waals surface area contributed by atoms with Gasteiger partial charge in [-0.05, 0) is 53.1 Å². The number of methoxy groups -OCH3 is 2. The van der Waals surface area contributed by atoms with Gasteiger partial charge in [0.1, 0.15) is 11.5 Å². The van der Waals surface area contributed by atoms with Gasteiger partial charge < -0.3 is 29.0 Å². The topological polar surface area (TPSA) is 79.4 Å². The number of likely N-dealkylation sites (tertiary alicyclic amines) is 1. The Morgan fingerprint density at radius 3 is 2.38 bits per heavy atom. The number of fused-ring (bicyclic) bond motifs is 5. The van der Waals surface area contributed by atoms with Gasteiger partial charge in [0.2, 0.25) is 6.79 Å². The summed E-state index contributed by atoms with van der Waals surface area (Å²) in [5, 5.41) is 11.9. The first-order valence-corrected chi connectivity index (χ1v) is 13.4. The molecule has 3 aromatic carbocycles. The second-order valence-electron chi connectivity index (χ2n) is 10.9. The van der Waals surface area contributed by atoms with E-state index < -0.39 is 0 Å². The van der Waals surface area contributed by atoms with E-state index in [1.165, 1.54) is 16.5 Å². The molecule has 4 aromatic rings. The zero-order chi connectivity index (χ0) is 26.6. The fraction of sp³-hybridized carbons (Fsp3) is 0.355. The summed E-state index contributed by atoms with van der Waals surface area (Å²) in [5.41, 5.74) is 5.87. The van der Waals surface area contributed by atoms with Crippen LogP contribution in [0.3, 0.4) is 0 Å².